The minimum Gasteiger partial charge on any atom is -0.483 e. The van der Waals surface area contributed by atoms with Crippen LogP contribution in [0, 0.1) is 0 Å². The summed E-state index contributed by atoms with van der Waals surface area (Å²) in [5, 5.41) is 12.7. The van der Waals surface area contributed by atoms with Crippen LogP contribution in [0.3, 0.4) is 0 Å². The fraction of sp³-hybridized carbons (Fsp3) is 0.282. The molecule has 14 nitrogen and oxygen atoms in total. The molecule has 6 rings (SSSR count). The van der Waals surface area contributed by atoms with E-state index in [-0.39, 0.29) is 68.8 Å². The first-order chi connectivity index (χ1) is 25.8. The van der Waals surface area contributed by atoms with E-state index in [2.05, 4.69) is 31.2 Å². The number of aromatic amines is 1. The lowest BCUT2D eigenvalue weighted by molar-refractivity contribution is -0.123. The van der Waals surface area contributed by atoms with Crippen molar-refractivity contribution in [1.29, 1.82) is 0 Å². The van der Waals surface area contributed by atoms with Crippen LogP contribution in [-0.2, 0) is 29.7 Å². The molecule has 4 heterocycles. The molecule has 0 fully saturated rings. The lowest BCUT2D eigenvalue weighted by Crippen LogP contribution is -2.48. The average molecular weight is 719 g/mol. The van der Waals surface area contributed by atoms with Crippen molar-refractivity contribution in [3.05, 3.63) is 124 Å². The summed E-state index contributed by atoms with van der Waals surface area (Å²) in [4.78, 5) is 76.4. The summed E-state index contributed by atoms with van der Waals surface area (Å²) in [5.74, 6) is -1.51. The van der Waals surface area contributed by atoms with Crippen molar-refractivity contribution in [1.82, 2.24) is 35.4 Å². The normalized spacial score (nSPS) is 16.3. The molecule has 1 atom stereocenters. The number of aryl methyl sites for hydroxylation is 1. The molecule has 0 aliphatic carbocycles. The van der Waals surface area contributed by atoms with E-state index >= 15 is 0 Å². The van der Waals surface area contributed by atoms with E-state index < -0.39 is 29.2 Å². The van der Waals surface area contributed by atoms with Gasteiger partial charge in [0.25, 0.3) is 11.8 Å². The average Bonchev–Trinajstić information content (AvgIpc) is 3.58. The van der Waals surface area contributed by atoms with Gasteiger partial charge in [0, 0.05) is 69.0 Å². The number of aromatic nitrogens is 3. The molecule has 0 spiro atoms. The zero-order valence-electron chi connectivity index (χ0n) is 29.4. The maximum absolute atomic E-state index is 14.2. The van der Waals surface area contributed by atoms with Gasteiger partial charge in [0.15, 0.2) is 11.4 Å². The van der Waals surface area contributed by atoms with Gasteiger partial charge in [-0.05, 0) is 42.2 Å². The van der Waals surface area contributed by atoms with Gasteiger partial charge in [0.1, 0.15) is 24.2 Å². The first-order valence-corrected chi connectivity index (χ1v) is 17.5. The number of benzene rings is 2. The monoisotopic (exact) mass is 718 g/mol. The van der Waals surface area contributed by atoms with Crippen LogP contribution in [0.1, 0.15) is 44.9 Å². The Hall–Kier alpha value is -6.44. The van der Waals surface area contributed by atoms with Gasteiger partial charge in [-0.1, -0.05) is 54.6 Å². The topological polar surface area (TPSA) is 180 Å². The fourth-order valence-corrected chi connectivity index (χ4v) is 6.13. The van der Waals surface area contributed by atoms with E-state index in [1.165, 1.54) is 21.7 Å². The van der Waals surface area contributed by atoms with Crippen molar-refractivity contribution in [2.45, 2.75) is 31.9 Å². The lowest BCUT2D eigenvalue weighted by Gasteiger charge is -2.25. The number of H-pyrrole nitrogens is 1. The van der Waals surface area contributed by atoms with Crippen molar-refractivity contribution in [3.8, 4) is 5.75 Å². The Balaban J connectivity index is 1.21. The van der Waals surface area contributed by atoms with Crippen LogP contribution < -0.4 is 31.4 Å². The molecule has 0 unspecified atom stereocenters. The summed E-state index contributed by atoms with van der Waals surface area (Å²) in [6.45, 7) is 0.707. The zero-order valence-corrected chi connectivity index (χ0v) is 29.4. The number of pyridine rings is 2. The Bertz CT molecular complexity index is 2150. The summed E-state index contributed by atoms with van der Waals surface area (Å²) >= 11 is 0. The number of nitrogens with zero attached hydrogens (tertiary/aromatic N) is 3. The van der Waals surface area contributed by atoms with Crippen molar-refractivity contribution in [3.63, 3.8) is 0 Å². The third-order valence-electron chi connectivity index (χ3n) is 8.90. The van der Waals surface area contributed by atoms with Crippen LogP contribution in [0.4, 0.5) is 5.82 Å². The molecule has 0 saturated carbocycles. The van der Waals surface area contributed by atoms with Gasteiger partial charge < -0.3 is 40.5 Å². The highest BCUT2D eigenvalue weighted by molar-refractivity contribution is 5.98. The third kappa shape index (κ3) is 9.27. The molecule has 2 aromatic carbocycles. The number of hydrogen-bond acceptors (Lipinski definition) is 8. The minimum atomic E-state index is -0.907. The second-order valence-corrected chi connectivity index (χ2v) is 12.7. The summed E-state index contributed by atoms with van der Waals surface area (Å²) in [6, 6.07) is 22.4. The molecule has 0 radical (unpaired) electrons. The first kappa shape index (κ1) is 36.4. The lowest BCUT2D eigenvalue weighted by atomic mass is 10.0. The van der Waals surface area contributed by atoms with Crippen molar-refractivity contribution in [2.24, 2.45) is 7.05 Å². The second-order valence-electron chi connectivity index (χ2n) is 12.7. The number of anilines is 1. The number of amides is 4. The molecule has 1 aliphatic rings. The Morgan fingerprint density at radius 3 is 2.51 bits per heavy atom. The number of carbonyl (C=O) groups excluding carboxylic acids is 4. The highest BCUT2D eigenvalue weighted by Crippen LogP contribution is 2.20. The van der Waals surface area contributed by atoms with Crippen molar-refractivity contribution < 1.29 is 23.9 Å². The Morgan fingerprint density at radius 2 is 1.66 bits per heavy atom. The molecule has 2 bridgehead atoms. The molecule has 5 N–H and O–H groups in total. The van der Waals surface area contributed by atoms with E-state index in [1.54, 1.807) is 25.2 Å². The molecular formula is C39H42N8O6. The largest absolute Gasteiger partial charge is 0.483 e. The number of nitrogens with one attached hydrogen (secondary N) is 5. The van der Waals surface area contributed by atoms with E-state index in [0.29, 0.717) is 18.7 Å². The molecule has 53 heavy (non-hydrogen) atoms. The van der Waals surface area contributed by atoms with Crippen LogP contribution in [0.15, 0.2) is 96.1 Å². The SMILES string of the molecule is Cn1ccc(=O)c(OCc2ccccc2)c1C(=O)N1CCCCNC(=O)[C@H](Cc2c[nH]c3ccccc23)NC(=O)c2cccc(n2)NCCNC(=O)C1. The van der Waals surface area contributed by atoms with Crippen LogP contribution in [-0.4, -0.2) is 81.8 Å². The van der Waals surface area contributed by atoms with Crippen LogP contribution in [0.5, 0.6) is 5.75 Å². The summed E-state index contributed by atoms with van der Waals surface area (Å²) in [7, 11) is 1.64. The number of hydrogen-bond donors (Lipinski definition) is 5. The highest BCUT2D eigenvalue weighted by Gasteiger charge is 2.27. The second kappa shape index (κ2) is 17.2. The quantitative estimate of drug-likeness (QED) is 0.178. The van der Waals surface area contributed by atoms with Gasteiger partial charge in [-0.25, -0.2) is 4.98 Å². The maximum Gasteiger partial charge on any atom is 0.274 e. The minimum absolute atomic E-state index is 0.0245. The van der Waals surface area contributed by atoms with E-state index in [9.17, 15) is 24.0 Å². The molecular weight excluding hydrogens is 676 g/mol. The van der Waals surface area contributed by atoms with E-state index in [4.69, 9.17) is 4.74 Å². The molecule has 274 valence electrons. The predicted molar refractivity (Wildman–Crippen MR) is 200 cm³/mol. The molecule has 3 aromatic heterocycles. The standard InChI is InChI=1S/C39H42N8O6/c1-46-21-16-32(48)36(53-25-26-10-3-2-4-11-26)35(46)39(52)47-20-8-7-17-42-37(50)31(22-27-23-43-29-13-6-5-12-28(27)29)45-38(51)30-14-9-15-33(44-30)40-18-19-41-34(49)24-47/h2-6,9-16,21,23,31,43H,7-8,17-20,22,24-25H2,1H3,(H,40,44)(H,41,49)(H,42,50)(H,45,51)/t31-/m0/s1. The van der Waals surface area contributed by atoms with Gasteiger partial charge in [-0.2, -0.15) is 0 Å². The van der Waals surface area contributed by atoms with Crippen molar-refractivity contribution >= 4 is 40.3 Å². The number of para-hydroxylation sites is 1. The summed E-state index contributed by atoms with van der Waals surface area (Å²) in [5.41, 5.74) is 2.32. The van der Waals surface area contributed by atoms with E-state index in [1.807, 2.05) is 60.8 Å². The van der Waals surface area contributed by atoms with Gasteiger partial charge in [0.2, 0.25) is 17.2 Å². The number of rotatable bonds is 6. The highest BCUT2D eigenvalue weighted by atomic mass is 16.5. The number of ether oxygens (including phenoxy) is 1. The van der Waals surface area contributed by atoms with Gasteiger partial charge >= 0.3 is 0 Å². The predicted octanol–water partition coefficient (Wildman–Crippen LogP) is 2.76. The van der Waals surface area contributed by atoms with Crippen molar-refractivity contribution in [2.75, 3.05) is 38.0 Å². The molecule has 0 saturated heterocycles. The van der Waals surface area contributed by atoms with Crippen LogP contribution in [0.2, 0.25) is 0 Å². The summed E-state index contributed by atoms with van der Waals surface area (Å²) < 4.78 is 7.45. The Morgan fingerprint density at radius 1 is 0.868 bits per heavy atom. The number of carbonyl (C=O) groups is 4. The third-order valence-corrected chi connectivity index (χ3v) is 8.90. The van der Waals surface area contributed by atoms with Crippen LogP contribution >= 0.6 is 0 Å². The van der Waals surface area contributed by atoms with Gasteiger partial charge in [0.05, 0.1) is 6.54 Å². The Kier molecular flexibility index (Phi) is 11.8. The zero-order chi connectivity index (χ0) is 37.2. The van der Waals surface area contributed by atoms with Crippen LogP contribution in [0.25, 0.3) is 10.9 Å². The fourth-order valence-electron chi connectivity index (χ4n) is 6.13. The molecule has 5 aromatic rings. The number of fused-ring (bicyclic) bond motifs is 3. The Labute approximate surface area is 305 Å². The molecule has 4 amide bonds. The summed E-state index contributed by atoms with van der Waals surface area (Å²) in [6.07, 6.45) is 4.45. The molecule has 14 heteroatoms. The van der Waals surface area contributed by atoms with Gasteiger partial charge in [-0.3, -0.25) is 24.0 Å². The van der Waals surface area contributed by atoms with Gasteiger partial charge in [-0.15, -0.1) is 0 Å². The molecule has 1 aliphatic heterocycles. The smallest absolute Gasteiger partial charge is 0.274 e. The maximum atomic E-state index is 14.2. The first-order valence-electron chi connectivity index (χ1n) is 17.5. The van der Waals surface area contributed by atoms with E-state index in [0.717, 1.165) is 22.0 Å².